The molecule has 0 aliphatic rings. The number of carbonyl (C=O) groups excluding carboxylic acids is 1. The van der Waals surface area contributed by atoms with Crippen molar-refractivity contribution < 1.29 is 14.3 Å². The van der Waals surface area contributed by atoms with E-state index in [1.54, 1.807) is 25.4 Å². The number of benzene rings is 2. The summed E-state index contributed by atoms with van der Waals surface area (Å²) in [5.74, 6) is 0.126. The molecule has 0 bridgehead atoms. The van der Waals surface area contributed by atoms with Gasteiger partial charge in [0.15, 0.2) is 0 Å². The molecule has 32 heavy (non-hydrogen) atoms. The number of nitrogens with zero attached hydrogens (tertiary/aromatic N) is 2. The van der Waals surface area contributed by atoms with Gasteiger partial charge in [-0.25, -0.2) is 9.78 Å². The number of rotatable bonds is 6. The molecule has 2 heterocycles. The number of fused-ring (bicyclic) bond motifs is 1. The standard InChI is InChI=1S/C26H22N2O4/c1-18-12-13-24-27-21(15-25(29)28(24)16-18)17-32-26(30)22(19-8-4-3-5-9-19)14-20-10-6-7-11-23(20)31-2/h3-16H,17H2,1-2H3. The Kier molecular flexibility index (Phi) is 6.12. The average Bonchev–Trinajstić information content (AvgIpc) is 2.82. The molecule has 0 spiro atoms. The minimum Gasteiger partial charge on any atom is -0.496 e. The minimum atomic E-state index is -0.520. The van der Waals surface area contributed by atoms with E-state index in [0.717, 1.165) is 11.1 Å². The van der Waals surface area contributed by atoms with Crippen LogP contribution in [0, 0.1) is 6.92 Å². The predicted octanol–water partition coefficient (Wildman–Crippen LogP) is 4.30. The van der Waals surface area contributed by atoms with E-state index in [-0.39, 0.29) is 12.2 Å². The monoisotopic (exact) mass is 426 g/mol. The number of methoxy groups -OCH3 is 1. The zero-order chi connectivity index (χ0) is 22.5. The summed E-state index contributed by atoms with van der Waals surface area (Å²) in [6.45, 7) is 1.79. The van der Waals surface area contributed by atoms with Gasteiger partial charge in [-0.3, -0.25) is 9.20 Å². The first-order valence-electron chi connectivity index (χ1n) is 10.1. The van der Waals surface area contributed by atoms with Gasteiger partial charge in [-0.05, 0) is 36.3 Å². The first-order valence-corrected chi connectivity index (χ1v) is 10.1. The van der Waals surface area contributed by atoms with Crippen molar-refractivity contribution >= 4 is 23.3 Å². The molecule has 0 saturated heterocycles. The summed E-state index contributed by atoms with van der Waals surface area (Å²) < 4.78 is 12.4. The third kappa shape index (κ3) is 4.59. The highest BCUT2D eigenvalue weighted by Gasteiger charge is 2.16. The highest BCUT2D eigenvalue weighted by molar-refractivity contribution is 6.21. The maximum atomic E-state index is 13.1. The highest BCUT2D eigenvalue weighted by Crippen LogP contribution is 2.25. The molecule has 0 atom stereocenters. The van der Waals surface area contributed by atoms with Gasteiger partial charge in [-0.1, -0.05) is 54.6 Å². The molecule has 0 saturated carbocycles. The van der Waals surface area contributed by atoms with Crippen LogP contribution in [0.5, 0.6) is 5.75 Å². The molecular weight excluding hydrogens is 404 g/mol. The van der Waals surface area contributed by atoms with Gasteiger partial charge in [0.1, 0.15) is 18.0 Å². The van der Waals surface area contributed by atoms with Crippen molar-refractivity contribution in [2.75, 3.05) is 7.11 Å². The van der Waals surface area contributed by atoms with E-state index in [9.17, 15) is 9.59 Å². The zero-order valence-corrected chi connectivity index (χ0v) is 17.8. The first kappa shape index (κ1) is 21.1. The van der Waals surface area contributed by atoms with Crippen LogP contribution in [0.4, 0.5) is 0 Å². The SMILES string of the molecule is COc1ccccc1C=C(C(=O)OCc1cc(=O)n2cc(C)ccc2n1)c1ccccc1. The fraction of sp³-hybridized carbons (Fsp3) is 0.115. The van der Waals surface area contributed by atoms with Crippen LogP contribution in [0.15, 0.2) is 83.8 Å². The van der Waals surface area contributed by atoms with Crippen LogP contribution in [0.1, 0.15) is 22.4 Å². The average molecular weight is 426 g/mol. The van der Waals surface area contributed by atoms with Crippen LogP contribution >= 0.6 is 0 Å². The molecule has 0 amide bonds. The summed E-state index contributed by atoms with van der Waals surface area (Å²) in [4.78, 5) is 29.9. The van der Waals surface area contributed by atoms with Crippen LogP contribution in [-0.2, 0) is 16.1 Å². The molecule has 2 aromatic heterocycles. The van der Waals surface area contributed by atoms with Gasteiger partial charge < -0.3 is 9.47 Å². The van der Waals surface area contributed by atoms with Crippen LogP contribution in [-0.4, -0.2) is 22.5 Å². The molecule has 4 rings (SSSR count). The Labute approximate surface area is 185 Å². The Morgan fingerprint density at radius 3 is 2.56 bits per heavy atom. The van der Waals surface area contributed by atoms with Gasteiger partial charge in [-0.2, -0.15) is 0 Å². The zero-order valence-electron chi connectivity index (χ0n) is 17.8. The van der Waals surface area contributed by atoms with Gasteiger partial charge in [0, 0.05) is 17.8 Å². The topological polar surface area (TPSA) is 69.9 Å². The fourth-order valence-corrected chi connectivity index (χ4v) is 3.37. The molecule has 160 valence electrons. The van der Waals surface area contributed by atoms with E-state index in [2.05, 4.69) is 4.98 Å². The first-order chi connectivity index (χ1) is 15.5. The van der Waals surface area contributed by atoms with Crippen LogP contribution in [0.2, 0.25) is 0 Å². The lowest BCUT2D eigenvalue weighted by Crippen LogP contribution is -2.17. The Morgan fingerprint density at radius 1 is 1.03 bits per heavy atom. The van der Waals surface area contributed by atoms with Crippen molar-refractivity contribution in [3.8, 4) is 5.75 Å². The summed E-state index contributed by atoms with van der Waals surface area (Å²) in [5, 5.41) is 0. The van der Waals surface area contributed by atoms with Crippen LogP contribution < -0.4 is 10.3 Å². The molecule has 0 aliphatic carbocycles. The van der Waals surface area contributed by atoms with E-state index in [4.69, 9.17) is 9.47 Å². The number of carbonyl (C=O) groups is 1. The molecule has 2 aromatic carbocycles. The summed E-state index contributed by atoms with van der Waals surface area (Å²) in [6, 6.07) is 21.7. The Hall–Kier alpha value is -4.19. The molecule has 0 unspecified atom stereocenters. The highest BCUT2D eigenvalue weighted by atomic mass is 16.5. The number of aryl methyl sites for hydroxylation is 1. The molecule has 0 fully saturated rings. The maximum Gasteiger partial charge on any atom is 0.339 e. The van der Waals surface area contributed by atoms with Gasteiger partial charge in [0.25, 0.3) is 5.56 Å². The number of hydrogen-bond donors (Lipinski definition) is 0. The van der Waals surface area contributed by atoms with Gasteiger partial charge in [0.05, 0.1) is 18.4 Å². The second-order valence-corrected chi connectivity index (χ2v) is 7.26. The number of esters is 1. The van der Waals surface area contributed by atoms with E-state index < -0.39 is 5.97 Å². The molecule has 6 heteroatoms. The summed E-state index contributed by atoms with van der Waals surface area (Å²) in [5.41, 5.74) is 3.46. The number of pyridine rings is 1. The lowest BCUT2D eigenvalue weighted by molar-refractivity contribution is -0.137. The summed E-state index contributed by atoms with van der Waals surface area (Å²) in [7, 11) is 1.58. The summed E-state index contributed by atoms with van der Waals surface area (Å²) >= 11 is 0. The number of aromatic nitrogens is 2. The molecular formula is C26H22N2O4. The van der Waals surface area contributed by atoms with E-state index in [1.807, 2.05) is 67.6 Å². The molecule has 0 N–H and O–H groups in total. The lowest BCUT2D eigenvalue weighted by atomic mass is 10.0. The fourth-order valence-electron chi connectivity index (χ4n) is 3.37. The van der Waals surface area contributed by atoms with Gasteiger partial charge in [-0.15, -0.1) is 0 Å². The normalized spacial score (nSPS) is 11.4. The third-order valence-electron chi connectivity index (χ3n) is 4.96. The largest absolute Gasteiger partial charge is 0.496 e. The molecule has 4 aromatic rings. The predicted molar refractivity (Wildman–Crippen MR) is 123 cm³/mol. The van der Waals surface area contributed by atoms with Crippen molar-refractivity contribution in [2.45, 2.75) is 13.5 Å². The van der Waals surface area contributed by atoms with Gasteiger partial charge in [0.2, 0.25) is 0 Å². The van der Waals surface area contributed by atoms with E-state index >= 15 is 0 Å². The van der Waals surface area contributed by atoms with Crippen LogP contribution in [0.3, 0.4) is 0 Å². The smallest absolute Gasteiger partial charge is 0.339 e. The van der Waals surface area contributed by atoms with Crippen molar-refractivity contribution in [2.24, 2.45) is 0 Å². The Morgan fingerprint density at radius 2 is 1.78 bits per heavy atom. The van der Waals surface area contributed by atoms with Crippen molar-refractivity contribution in [3.63, 3.8) is 0 Å². The lowest BCUT2D eigenvalue weighted by Gasteiger charge is -2.11. The van der Waals surface area contributed by atoms with Crippen molar-refractivity contribution in [3.05, 3.63) is 112 Å². The molecule has 0 aliphatic heterocycles. The minimum absolute atomic E-state index is 0.117. The quantitative estimate of drug-likeness (QED) is 0.261. The number of para-hydroxylation sites is 1. The van der Waals surface area contributed by atoms with E-state index in [0.29, 0.717) is 28.2 Å². The van der Waals surface area contributed by atoms with Crippen molar-refractivity contribution in [1.82, 2.24) is 9.38 Å². The summed E-state index contributed by atoms with van der Waals surface area (Å²) in [6.07, 6.45) is 3.46. The molecule has 0 radical (unpaired) electrons. The Balaban J connectivity index is 1.64. The van der Waals surface area contributed by atoms with E-state index in [1.165, 1.54) is 10.5 Å². The van der Waals surface area contributed by atoms with Crippen LogP contribution in [0.25, 0.3) is 17.3 Å². The second-order valence-electron chi connectivity index (χ2n) is 7.26. The van der Waals surface area contributed by atoms with Crippen molar-refractivity contribution in [1.29, 1.82) is 0 Å². The van der Waals surface area contributed by atoms with Gasteiger partial charge >= 0.3 is 5.97 Å². The number of hydrogen-bond acceptors (Lipinski definition) is 5. The Bertz CT molecular complexity index is 1360. The molecule has 6 nitrogen and oxygen atoms in total. The second kappa shape index (κ2) is 9.31. The third-order valence-corrected chi connectivity index (χ3v) is 4.96. The maximum absolute atomic E-state index is 13.1. The number of ether oxygens (including phenoxy) is 2.